The Morgan fingerprint density at radius 1 is 0.278 bits per heavy atom. The number of hydrogen-bond donors (Lipinski definition) is 0. The van der Waals surface area contributed by atoms with Crippen LogP contribution in [-0.2, 0) is 18.9 Å². The van der Waals surface area contributed by atoms with Crippen LogP contribution >= 0.6 is 0 Å². The van der Waals surface area contributed by atoms with Crippen LogP contribution in [0.3, 0.4) is 0 Å². The molecule has 0 bridgehead atoms. The zero-order valence-corrected chi connectivity index (χ0v) is 56.8. The van der Waals surface area contributed by atoms with Crippen LogP contribution in [0.5, 0.6) is 0 Å². The van der Waals surface area contributed by atoms with Crippen molar-refractivity contribution in [1.29, 1.82) is 0 Å². The first-order chi connectivity index (χ1) is 43.4. The molecule has 0 heterocycles. The van der Waals surface area contributed by atoms with Gasteiger partial charge in [-0.05, 0) is 152 Å². The maximum Gasteiger partial charge on any atom is 0.338 e. The van der Waals surface area contributed by atoms with E-state index in [2.05, 4.69) is 89.5 Å². The second-order valence-corrected chi connectivity index (χ2v) is 24.8. The monoisotopic (exact) mass is 1230 g/mol. The highest BCUT2D eigenvalue weighted by Crippen LogP contribution is 2.21. The Morgan fingerprint density at radius 2 is 0.522 bits per heavy atom. The van der Waals surface area contributed by atoms with Gasteiger partial charge in [0.2, 0.25) is 0 Å². The van der Waals surface area contributed by atoms with E-state index in [1.807, 2.05) is 164 Å². The molecule has 0 radical (unpaired) electrons. The average Bonchev–Trinajstić information content (AvgIpc) is 1.89. The summed E-state index contributed by atoms with van der Waals surface area (Å²) in [7, 11) is 6.22. The van der Waals surface area contributed by atoms with Crippen molar-refractivity contribution < 1.29 is 56.1 Å². The Labute approximate surface area is 539 Å². The average molecular weight is 1230 g/mol. The molecule has 0 aliphatic heterocycles. The van der Waals surface area contributed by atoms with Gasteiger partial charge in [0.1, 0.15) is 52.6 Å². The number of benzene rings is 8. The van der Waals surface area contributed by atoms with Crippen LogP contribution in [-0.4, -0.2) is 174 Å². The lowest BCUT2D eigenvalue weighted by molar-refractivity contribution is -0.926. The van der Waals surface area contributed by atoms with Gasteiger partial charge in [-0.15, -0.1) is 0 Å². The molecule has 12 nitrogen and oxygen atoms in total. The number of carbonyl (C=O) groups excluding carboxylic acids is 4. The second-order valence-electron chi connectivity index (χ2n) is 24.8. The Morgan fingerprint density at radius 3 is 0.767 bits per heavy atom. The molecule has 0 spiro atoms. The predicted octanol–water partition coefficient (Wildman–Crippen LogP) is 16.3. The first kappa shape index (κ1) is 73.3. The van der Waals surface area contributed by atoms with Gasteiger partial charge >= 0.3 is 23.9 Å². The van der Waals surface area contributed by atoms with E-state index >= 15 is 0 Å². The molecule has 0 amide bonds. The molecule has 0 saturated heterocycles. The molecule has 0 aromatic heterocycles. The van der Waals surface area contributed by atoms with Gasteiger partial charge in [-0.25, -0.2) is 19.2 Å². The summed E-state index contributed by atoms with van der Waals surface area (Å²) in [5.41, 5.74) is 2.51. The van der Waals surface area contributed by atoms with Gasteiger partial charge in [-0.2, -0.15) is 0 Å². The maximum absolute atomic E-state index is 12.4. The molecule has 8 aromatic carbocycles. The molecule has 8 aromatic rings. The van der Waals surface area contributed by atoms with E-state index in [0.717, 1.165) is 159 Å². The Balaban J connectivity index is 0.000000219. The lowest BCUT2D eigenvalue weighted by Gasteiger charge is -2.37. The quantitative estimate of drug-likeness (QED) is 0.0249. The van der Waals surface area contributed by atoms with Crippen molar-refractivity contribution in [2.75, 3.05) is 133 Å². The standard InChI is InChI=1S/C22H32NO2.C21H30NO2.C19H26NO2.C16H20NO2/c1-4-7-15-23(6-3,14-5-2)16-17-25-22(24)21-13-12-19-10-8-9-11-20(19)18-21;1-4-13-22(6-3,14-5-2)15-16-24-21(23)20-12-11-18-9-7-8-10-19(18)17-20;1-4-20(5-2,6-3)13-14-22-19(21)18-12-11-16-9-7-8-10-17(16)15-18;1-17(2,3)10-11-19-16(18)15-9-8-13-6-4-5-7-14(13)12-15/h8-13,18H,4-7,14-17H2,1-3H3;7-12,17H,4-6,13-16H2,1-3H3;7-12,15H,4-6,13-14H2,1-3H3;4-9,12H,10-11H2,1-3H3/q4*+1. The third kappa shape index (κ3) is 23.1. The van der Waals surface area contributed by atoms with Gasteiger partial charge < -0.3 is 36.9 Å². The highest BCUT2D eigenvalue weighted by atomic mass is 16.5. The van der Waals surface area contributed by atoms with Gasteiger partial charge in [-0.3, -0.25) is 0 Å². The van der Waals surface area contributed by atoms with Crippen LogP contribution in [0.1, 0.15) is 136 Å². The van der Waals surface area contributed by atoms with Crippen LogP contribution in [0, 0.1) is 0 Å². The van der Waals surface area contributed by atoms with Gasteiger partial charge in [0.15, 0.2) is 0 Å². The normalized spacial score (nSPS) is 12.1. The van der Waals surface area contributed by atoms with Crippen LogP contribution in [0.15, 0.2) is 170 Å². The fourth-order valence-electron chi connectivity index (χ4n) is 11.7. The van der Waals surface area contributed by atoms with Crippen LogP contribution in [0.2, 0.25) is 0 Å². The molecule has 0 fully saturated rings. The van der Waals surface area contributed by atoms with Crippen LogP contribution < -0.4 is 0 Å². The number of rotatable bonds is 30. The number of likely N-dealkylation sites (N-methyl/N-ethyl adjacent to an activating group) is 4. The summed E-state index contributed by atoms with van der Waals surface area (Å²) in [5, 5.41) is 8.82. The van der Waals surface area contributed by atoms with E-state index in [9.17, 15) is 19.2 Å². The van der Waals surface area contributed by atoms with Gasteiger partial charge in [0.25, 0.3) is 0 Å². The lowest BCUT2D eigenvalue weighted by atomic mass is 10.1. The third-order valence-corrected chi connectivity index (χ3v) is 17.8. The molecule has 484 valence electrons. The summed E-state index contributed by atoms with van der Waals surface area (Å²) >= 11 is 0. The molecule has 1 unspecified atom stereocenters. The van der Waals surface area contributed by atoms with E-state index in [0.29, 0.717) is 48.7 Å². The summed E-state index contributed by atoms with van der Waals surface area (Å²) < 4.78 is 25.8. The fraction of sp³-hybridized carbons (Fsp3) is 0.436. The van der Waals surface area contributed by atoms with Crippen molar-refractivity contribution in [1.82, 2.24) is 0 Å². The van der Waals surface area contributed by atoms with Crippen molar-refractivity contribution in [3.8, 4) is 0 Å². The van der Waals surface area contributed by atoms with Gasteiger partial charge in [-0.1, -0.05) is 155 Å². The number of fused-ring (bicyclic) bond motifs is 4. The van der Waals surface area contributed by atoms with Crippen LogP contribution in [0.25, 0.3) is 43.1 Å². The maximum atomic E-state index is 12.4. The smallest absolute Gasteiger partial charge is 0.338 e. The van der Waals surface area contributed by atoms with E-state index in [1.54, 1.807) is 0 Å². The van der Waals surface area contributed by atoms with E-state index < -0.39 is 0 Å². The van der Waals surface area contributed by atoms with E-state index in [-0.39, 0.29) is 23.9 Å². The summed E-state index contributed by atoms with van der Waals surface area (Å²) in [6.07, 6.45) is 5.92. The highest BCUT2D eigenvalue weighted by Gasteiger charge is 2.26. The minimum absolute atomic E-state index is 0.216. The lowest BCUT2D eigenvalue weighted by Crippen LogP contribution is -2.51. The molecule has 12 heteroatoms. The van der Waals surface area contributed by atoms with Crippen LogP contribution in [0.4, 0.5) is 0 Å². The minimum atomic E-state index is -0.251. The summed E-state index contributed by atoms with van der Waals surface area (Å²) in [6.45, 7) is 35.4. The molecule has 0 N–H and O–H groups in total. The van der Waals surface area contributed by atoms with Gasteiger partial charge in [0.05, 0.1) is 102 Å². The molecule has 0 aliphatic carbocycles. The van der Waals surface area contributed by atoms with Crippen molar-refractivity contribution >= 4 is 67.0 Å². The molecule has 1 atom stereocenters. The number of ether oxygens (including phenoxy) is 4. The predicted molar refractivity (Wildman–Crippen MR) is 373 cm³/mol. The fourth-order valence-corrected chi connectivity index (χ4v) is 11.7. The van der Waals surface area contributed by atoms with E-state index in [1.165, 1.54) is 19.4 Å². The number of unbranched alkanes of at least 4 members (excludes halogenated alkanes) is 1. The van der Waals surface area contributed by atoms with Crippen molar-refractivity contribution in [2.45, 2.75) is 94.4 Å². The molecular formula is C78H108N4O8+4. The second kappa shape index (κ2) is 37.6. The van der Waals surface area contributed by atoms with Crippen molar-refractivity contribution in [2.24, 2.45) is 0 Å². The largest absolute Gasteiger partial charge is 0.456 e. The number of quaternary nitrogens is 4. The first-order valence-electron chi connectivity index (χ1n) is 33.4. The van der Waals surface area contributed by atoms with Crippen molar-refractivity contribution in [3.63, 3.8) is 0 Å². The minimum Gasteiger partial charge on any atom is -0.456 e. The van der Waals surface area contributed by atoms with Crippen molar-refractivity contribution in [3.05, 3.63) is 192 Å². The highest BCUT2D eigenvalue weighted by molar-refractivity contribution is 5.98. The topological polar surface area (TPSA) is 105 Å². The van der Waals surface area contributed by atoms with E-state index in [4.69, 9.17) is 18.9 Å². The summed E-state index contributed by atoms with van der Waals surface area (Å²) in [6, 6.07) is 55.0. The summed E-state index contributed by atoms with van der Waals surface area (Å²) in [5.74, 6) is -0.915. The number of esters is 4. The zero-order chi connectivity index (χ0) is 65.4. The molecule has 8 rings (SSSR count). The summed E-state index contributed by atoms with van der Waals surface area (Å²) in [4.78, 5) is 48.9. The Hall–Kier alpha value is -7.48. The molecular weight excluding hydrogens is 1120 g/mol. The number of carbonyl (C=O) groups is 4. The Kier molecular flexibility index (Phi) is 30.6. The molecule has 90 heavy (non-hydrogen) atoms. The SMILES string of the molecule is CCCC[N+](CC)(CCC)CCOC(=O)c1ccc2ccccc2c1.CCC[N+](CC)(CCC)CCOC(=O)c1ccc2ccccc2c1.CC[N+](CC)(CC)CCOC(=O)c1ccc2ccccc2c1.C[N+](C)(C)CCOC(=O)c1ccc2ccccc2c1. The third-order valence-electron chi connectivity index (χ3n) is 17.8. The molecule has 0 saturated carbocycles. The zero-order valence-electron chi connectivity index (χ0n) is 56.8. The number of hydrogen-bond acceptors (Lipinski definition) is 8. The first-order valence-corrected chi connectivity index (χ1v) is 33.4. The Bertz CT molecular complexity index is 3460. The number of nitrogens with zero attached hydrogens (tertiary/aromatic N) is 4. The van der Waals surface area contributed by atoms with Gasteiger partial charge in [0, 0.05) is 0 Å². The molecule has 0 aliphatic rings.